The average molecular weight is 632 g/mol. The molecule has 2 heterocycles. The monoisotopic (exact) mass is 630 g/mol. The molecule has 3 aromatic rings. The van der Waals surface area contributed by atoms with E-state index in [1.165, 1.54) is 0 Å². The lowest BCUT2D eigenvalue weighted by molar-refractivity contribution is -0.0976. The molecule has 1 amide bonds. The van der Waals surface area contributed by atoms with E-state index >= 15 is 0 Å². The highest BCUT2D eigenvalue weighted by Gasteiger charge is 2.41. The van der Waals surface area contributed by atoms with Gasteiger partial charge in [0.25, 0.3) is 5.91 Å². The number of amides is 1. The highest BCUT2D eigenvalue weighted by molar-refractivity contribution is 7.91. The number of sulfone groups is 1. The van der Waals surface area contributed by atoms with E-state index in [1.807, 2.05) is 47.4 Å². The Hall–Kier alpha value is -2.46. The van der Waals surface area contributed by atoms with Crippen molar-refractivity contribution in [3.05, 3.63) is 100 Å². The van der Waals surface area contributed by atoms with Crippen LogP contribution in [0.4, 0.5) is 0 Å². The molecule has 3 aromatic carbocycles. The van der Waals surface area contributed by atoms with Gasteiger partial charge < -0.3 is 19.6 Å². The van der Waals surface area contributed by atoms with Crippen molar-refractivity contribution in [3.8, 4) is 0 Å². The molecule has 0 spiro atoms. The molecule has 0 aliphatic carbocycles. The summed E-state index contributed by atoms with van der Waals surface area (Å²) in [6.45, 7) is 3.14. The van der Waals surface area contributed by atoms with E-state index in [0.717, 1.165) is 18.4 Å². The lowest BCUT2D eigenvalue weighted by Crippen LogP contribution is -2.51. The SMILES string of the molecule is O=C(c1ccccc1)N1CCCC(OCCN2CCC(O)(CS(=O)(=O)c3ccccc3)CC2)(c2ccc(Cl)c(Cl)c2)C1. The van der Waals surface area contributed by atoms with Crippen LogP contribution in [-0.4, -0.2) is 79.9 Å². The second-order valence-corrected chi connectivity index (χ2v) is 14.1. The van der Waals surface area contributed by atoms with Crippen molar-refractivity contribution in [1.29, 1.82) is 0 Å². The highest BCUT2D eigenvalue weighted by Crippen LogP contribution is 2.38. The number of likely N-dealkylation sites (tertiary alicyclic amines) is 2. The number of aliphatic hydroxyl groups is 1. The van der Waals surface area contributed by atoms with Crippen LogP contribution in [0.1, 0.15) is 41.6 Å². The number of rotatable bonds is 9. The molecule has 0 aromatic heterocycles. The van der Waals surface area contributed by atoms with Crippen LogP contribution >= 0.6 is 23.2 Å². The number of halogens is 2. The van der Waals surface area contributed by atoms with Crippen LogP contribution in [0.2, 0.25) is 10.0 Å². The van der Waals surface area contributed by atoms with Crippen LogP contribution in [0.5, 0.6) is 0 Å². The summed E-state index contributed by atoms with van der Waals surface area (Å²) in [5.41, 5.74) is -0.509. The number of carbonyl (C=O) groups excluding carboxylic acids is 1. The number of benzene rings is 3. The largest absolute Gasteiger partial charge is 0.389 e. The van der Waals surface area contributed by atoms with Crippen LogP contribution in [-0.2, 0) is 20.2 Å². The van der Waals surface area contributed by atoms with Crippen molar-refractivity contribution in [3.63, 3.8) is 0 Å². The lowest BCUT2D eigenvalue weighted by Gasteiger charge is -2.44. The van der Waals surface area contributed by atoms with Crippen LogP contribution < -0.4 is 0 Å². The van der Waals surface area contributed by atoms with Gasteiger partial charge >= 0.3 is 0 Å². The third kappa shape index (κ3) is 7.18. The van der Waals surface area contributed by atoms with Gasteiger partial charge in [-0.3, -0.25) is 4.79 Å². The van der Waals surface area contributed by atoms with Gasteiger partial charge in [-0.2, -0.15) is 0 Å². The highest BCUT2D eigenvalue weighted by atomic mass is 35.5. The van der Waals surface area contributed by atoms with Crippen molar-refractivity contribution in [2.75, 3.05) is 45.1 Å². The molecular weight excluding hydrogens is 595 g/mol. The smallest absolute Gasteiger partial charge is 0.253 e. The summed E-state index contributed by atoms with van der Waals surface area (Å²) < 4.78 is 32.4. The number of piperidine rings is 2. The first-order valence-corrected chi connectivity index (χ1v) is 16.7. The zero-order valence-electron chi connectivity index (χ0n) is 23.4. The zero-order valence-corrected chi connectivity index (χ0v) is 25.8. The summed E-state index contributed by atoms with van der Waals surface area (Å²) in [6, 6.07) is 23.0. The Labute approximate surface area is 257 Å². The number of hydrogen-bond acceptors (Lipinski definition) is 6. The number of hydrogen-bond donors (Lipinski definition) is 1. The van der Waals surface area contributed by atoms with Gasteiger partial charge in [-0.05, 0) is 67.6 Å². The van der Waals surface area contributed by atoms with E-state index in [-0.39, 0.29) is 16.6 Å². The maximum Gasteiger partial charge on any atom is 0.253 e. The minimum absolute atomic E-state index is 0.0379. The first-order valence-electron chi connectivity index (χ1n) is 14.3. The molecule has 2 aliphatic rings. The lowest BCUT2D eigenvalue weighted by atomic mass is 9.85. The molecule has 2 saturated heterocycles. The molecular formula is C32H36Cl2N2O5S. The van der Waals surface area contributed by atoms with Crippen molar-refractivity contribution in [2.24, 2.45) is 0 Å². The minimum atomic E-state index is -3.59. The van der Waals surface area contributed by atoms with Crippen molar-refractivity contribution < 1.29 is 23.1 Å². The Kier molecular flexibility index (Phi) is 9.62. The van der Waals surface area contributed by atoms with E-state index in [9.17, 15) is 18.3 Å². The summed E-state index contributed by atoms with van der Waals surface area (Å²) >= 11 is 12.6. The normalized spacial score (nSPS) is 21.3. The third-order valence-corrected chi connectivity index (χ3v) is 11.0. The van der Waals surface area contributed by atoms with E-state index in [0.29, 0.717) is 67.8 Å². The fourth-order valence-electron chi connectivity index (χ4n) is 5.95. The Bertz CT molecular complexity index is 1480. The summed E-state index contributed by atoms with van der Waals surface area (Å²) in [5.74, 6) is -0.329. The minimum Gasteiger partial charge on any atom is -0.389 e. The molecule has 1 unspecified atom stereocenters. The molecule has 10 heteroatoms. The van der Waals surface area contributed by atoms with Crippen molar-refractivity contribution >= 4 is 38.9 Å². The number of nitrogens with zero attached hydrogens (tertiary/aromatic N) is 2. The van der Waals surface area contributed by atoms with Crippen LogP contribution in [0.3, 0.4) is 0 Å². The Balaban J connectivity index is 1.24. The van der Waals surface area contributed by atoms with Gasteiger partial charge in [0.15, 0.2) is 9.84 Å². The predicted octanol–water partition coefficient (Wildman–Crippen LogP) is 5.44. The van der Waals surface area contributed by atoms with Gasteiger partial charge in [-0.25, -0.2) is 8.42 Å². The van der Waals surface area contributed by atoms with Gasteiger partial charge in [0.1, 0.15) is 5.60 Å². The van der Waals surface area contributed by atoms with Crippen molar-refractivity contribution in [1.82, 2.24) is 9.80 Å². The second-order valence-electron chi connectivity index (χ2n) is 11.3. The zero-order chi connectivity index (χ0) is 29.8. The number of ether oxygens (including phenoxy) is 1. The van der Waals surface area contributed by atoms with E-state index < -0.39 is 21.0 Å². The molecule has 2 fully saturated rings. The standard InChI is InChI=1S/C32H36Cl2N2O5S/c33-28-13-12-26(22-29(28)34)32(14-7-17-36(23-32)30(37)25-8-3-1-4-9-25)41-21-20-35-18-15-31(38,16-19-35)24-42(39,40)27-10-5-2-6-11-27/h1-6,8-13,22,38H,7,14-21,23-24H2. The molecule has 2 aliphatic heterocycles. The van der Waals surface area contributed by atoms with E-state index in [4.69, 9.17) is 27.9 Å². The van der Waals surface area contributed by atoms with Crippen LogP contribution in [0.25, 0.3) is 0 Å². The molecule has 0 radical (unpaired) electrons. The average Bonchev–Trinajstić information content (AvgIpc) is 3.00. The summed E-state index contributed by atoms with van der Waals surface area (Å²) in [5, 5.41) is 12.0. The summed E-state index contributed by atoms with van der Waals surface area (Å²) in [7, 11) is -3.59. The van der Waals surface area contributed by atoms with Gasteiger partial charge in [0.05, 0.1) is 39.4 Å². The van der Waals surface area contributed by atoms with Crippen molar-refractivity contribution in [2.45, 2.75) is 41.8 Å². The first kappa shape index (κ1) is 31.0. The maximum absolute atomic E-state index is 13.4. The van der Waals surface area contributed by atoms with Crippen LogP contribution in [0, 0.1) is 0 Å². The quantitative estimate of drug-likeness (QED) is 0.339. The van der Waals surface area contributed by atoms with Gasteiger partial charge in [-0.1, -0.05) is 65.7 Å². The summed E-state index contributed by atoms with van der Waals surface area (Å²) in [4.78, 5) is 17.6. The maximum atomic E-state index is 13.4. The topological polar surface area (TPSA) is 87.2 Å². The fraction of sp³-hybridized carbons (Fsp3) is 0.406. The van der Waals surface area contributed by atoms with E-state index in [1.54, 1.807) is 36.4 Å². The molecule has 42 heavy (non-hydrogen) atoms. The molecule has 0 saturated carbocycles. The van der Waals surface area contributed by atoms with E-state index in [2.05, 4.69) is 4.90 Å². The Morgan fingerprint density at radius 3 is 2.21 bits per heavy atom. The Morgan fingerprint density at radius 2 is 1.55 bits per heavy atom. The van der Waals surface area contributed by atoms with Gasteiger partial charge in [-0.15, -0.1) is 0 Å². The fourth-order valence-corrected chi connectivity index (χ4v) is 7.98. The molecule has 0 bridgehead atoms. The second kappa shape index (κ2) is 13.0. The number of carbonyl (C=O) groups is 1. The summed E-state index contributed by atoms with van der Waals surface area (Å²) in [6.07, 6.45) is 2.21. The molecule has 1 N–H and O–H groups in total. The predicted molar refractivity (Wildman–Crippen MR) is 165 cm³/mol. The molecule has 7 nitrogen and oxygen atoms in total. The van der Waals surface area contributed by atoms with Gasteiger partial charge in [0, 0.05) is 31.7 Å². The molecule has 1 atom stereocenters. The third-order valence-electron chi connectivity index (χ3n) is 8.34. The molecule has 5 rings (SSSR count). The van der Waals surface area contributed by atoms with Gasteiger partial charge in [0.2, 0.25) is 0 Å². The van der Waals surface area contributed by atoms with Crippen LogP contribution in [0.15, 0.2) is 83.8 Å². The Morgan fingerprint density at radius 1 is 0.881 bits per heavy atom. The first-order chi connectivity index (χ1) is 20.1. The molecule has 224 valence electrons.